The Morgan fingerprint density at radius 1 is 0.525 bits per heavy atom. The highest BCUT2D eigenvalue weighted by Gasteiger charge is 2.16. The summed E-state index contributed by atoms with van der Waals surface area (Å²) in [6, 6.07) is 41.8. The molecule has 0 heterocycles. The topological polar surface area (TPSA) is 23.6 Å². The van der Waals surface area contributed by atoms with Crippen molar-refractivity contribution < 1.29 is 4.79 Å². The van der Waals surface area contributed by atoms with Crippen molar-refractivity contribution in [1.29, 1.82) is 0 Å². The normalized spacial score (nSPS) is 10.8. The zero-order chi connectivity index (χ0) is 27.9. The number of halogens is 2. The summed E-state index contributed by atoms with van der Waals surface area (Å²) in [4.78, 5) is 15.7. The maximum Gasteiger partial charge on any atom is 0.150 e. The number of hydrogen-bond acceptors (Lipinski definition) is 3. The van der Waals surface area contributed by atoms with Gasteiger partial charge in [-0.1, -0.05) is 57.3 Å². The molecule has 200 valence electrons. The van der Waals surface area contributed by atoms with E-state index in [-0.39, 0.29) is 0 Å². The van der Waals surface area contributed by atoms with E-state index in [4.69, 9.17) is 0 Å². The van der Waals surface area contributed by atoms with Crippen molar-refractivity contribution in [3.05, 3.63) is 141 Å². The molecule has 5 aromatic carbocycles. The van der Waals surface area contributed by atoms with Gasteiger partial charge in [-0.05, 0) is 128 Å². The van der Waals surface area contributed by atoms with Gasteiger partial charge >= 0.3 is 0 Å². The molecule has 0 bridgehead atoms. The second-order valence-electron chi connectivity index (χ2n) is 9.62. The predicted molar refractivity (Wildman–Crippen MR) is 175 cm³/mol. The summed E-state index contributed by atoms with van der Waals surface area (Å²) >= 11 is 7.13. The Kier molecular flexibility index (Phi) is 9.15. The molecule has 0 amide bonds. The van der Waals surface area contributed by atoms with E-state index in [0.29, 0.717) is 5.56 Å². The van der Waals surface area contributed by atoms with Crippen molar-refractivity contribution >= 4 is 72.3 Å². The summed E-state index contributed by atoms with van der Waals surface area (Å²) in [6.45, 7) is 2.23. The molecule has 40 heavy (non-hydrogen) atoms. The Labute approximate surface area is 253 Å². The monoisotopic (exact) mass is 652 g/mol. The number of rotatable bonds is 10. The summed E-state index contributed by atoms with van der Waals surface area (Å²) in [5.74, 6) is 0. The standard InChI is InChI=1S/C35H30Br2N2O/c1-2-3-4-26-5-13-30(14-6-26)38(32-17-9-28(36)10-18-32)34-21-23-35(24-22-34)39(33-19-11-29(37)12-20-33)31-15-7-27(25-40)8-16-31/h5-25H,2-4H2,1H3. The van der Waals surface area contributed by atoms with Gasteiger partial charge in [-0.15, -0.1) is 0 Å². The first kappa shape index (κ1) is 27.9. The molecule has 0 aliphatic carbocycles. The predicted octanol–water partition coefficient (Wildman–Crippen LogP) is 11.3. The Balaban J connectivity index is 1.54. The second kappa shape index (κ2) is 13.1. The third-order valence-corrected chi connectivity index (χ3v) is 7.89. The van der Waals surface area contributed by atoms with Crippen LogP contribution < -0.4 is 9.80 Å². The lowest BCUT2D eigenvalue weighted by atomic mass is 10.1. The van der Waals surface area contributed by atoms with Crippen LogP contribution in [0.4, 0.5) is 34.1 Å². The van der Waals surface area contributed by atoms with Gasteiger partial charge in [0.1, 0.15) is 6.29 Å². The molecule has 0 atom stereocenters. The molecule has 5 aromatic rings. The molecule has 0 spiro atoms. The van der Waals surface area contributed by atoms with Crippen LogP contribution in [0.5, 0.6) is 0 Å². The smallest absolute Gasteiger partial charge is 0.150 e. The Morgan fingerprint density at radius 3 is 1.20 bits per heavy atom. The van der Waals surface area contributed by atoms with E-state index in [0.717, 1.165) is 55.8 Å². The number of carbonyl (C=O) groups excluding carboxylic acids is 1. The van der Waals surface area contributed by atoms with Crippen molar-refractivity contribution in [2.24, 2.45) is 0 Å². The van der Waals surface area contributed by atoms with Gasteiger partial charge in [0.2, 0.25) is 0 Å². The molecule has 0 N–H and O–H groups in total. The molecular formula is C35H30Br2N2O. The highest BCUT2D eigenvalue weighted by Crippen LogP contribution is 2.39. The molecule has 0 fully saturated rings. The summed E-state index contributed by atoms with van der Waals surface area (Å²) in [5, 5.41) is 0. The first-order valence-electron chi connectivity index (χ1n) is 13.4. The molecule has 0 saturated carbocycles. The van der Waals surface area contributed by atoms with E-state index in [1.165, 1.54) is 18.4 Å². The maximum atomic E-state index is 11.3. The van der Waals surface area contributed by atoms with Crippen molar-refractivity contribution in [2.45, 2.75) is 26.2 Å². The van der Waals surface area contributed by atoms with Crippen LogP contribution in [0.3, 0.4) is 0 Å². The van der Waals surface area contributed by atoms with Crippen LogP contribution in [-0.4, -0.2) is 6.29 Å². The second-order valence-corrected chi connectivity index (χ2v) is 11.5. The minimum atomic E-state index is 0.653. The Bertz CT molecular complexity index is 1530. The fourth-order valence-corrected chi connectivity index (χ4v) is 5.25. The van der Waals surface area contributed by atoms with Crippen LogP contribution in [0.25, 0.3) is 0 Å². The molecule has 0 unspecified atom stereocenters. The number of benzene rings is 5. The van der Waals surface area contributed by atoms with Crippen molar-refractivity contribution in [3.63, 3.8) is 0 Å². The van der Waals surface area contributed by atoms with Gasteiger partial charge in [-0.3, -0.25) is 4.79 Å². The van der Waals surface area contributed by atoms with Gasteiger partial charge in [0.25, 0.3) is 0 Å². The first-order chi connectivity index (χ1) is 19.6. The average Bonchev–Trinajstić information content (AvgIpc) is 3.00. The van der Waals surface area contributed by atoms with Crippen LogP contribution in [0.2, 0.25) is 0 Å². The summed E-state index contributed by atoms with van der Waals surface area (Å²) in [5.41, 5.74) is 8.32. The van der Waals surface area contributed by atoms with Crippen LogP contribution in [0.15, 0.2) is 130 Å². The van der Waals surface area contributed by atoms with Crippen LogP contribution in [0, 0.1) is 0 Å². The lowest BCUT2D eigenvalue weighted by molar-refractivity contribution is 0.112. The number of aryl methyl sites for hydroxylation is 1. The zero-order valence-corrected chi connectivity index (χ0v) is 25.5. The minimum absolute atomic E-state index is 0.653. The third-order valence-electron chi connectivity index (χ3n) is 6.84. The number of aldehydes is 1. The molecule has 0 aliphatic heterocycles. The average molecular weight is 654 g/mol. The molecule has 0 aromatic heterocycles. The van der Waals surface area contributed by atoms with E-state index in [9.17, 15) is 4.79 Å². The SMILES string of the molecule is CCCCc1ccc(N(c2ccc(Br)cc2)c2ccc(N(c3ccc(Br)cc3)c3ccc(C=O)cc3)cc2)cc1. The van der Waals surface area contributed by atoms with E-state index < -0.39 is 0 Å². The lowest BCUT2D eigenvalue weighted by Crippen LogP contribution is -2.12. The number of nitrogens with zero attached hydrogens (tertiary/aromatic N) is 2. The van der Waals surface area contributed by atoms with E-state index in [2.05, 4.69) is 134 Å². The fourth-order valence-electron chi connectivity index (χ4n) is 4.72. The highest BCUT2D eigenvalue weighted by molar-refractivity contribution is 9.10. The van der Waals surface area contributed by atoms with Gasteiger partial charge in [0.15, 0.2) is 0 Å². The Hall–Kier alpha value is -3.67. The quantitative estimate of drug-likeness (QED) is 0.140. The van der Waals surface area contributed by atoms with Gasteiger partial charge in [-0.2, -0.15) is 0 Å². The van der Waals surface area contributed by atoms with Gasteiger partial charge in [-0.25, -0.2) is 0 Å². The van der Waals surface area contributed by atoms with E-state index >= 15 is 0 Å². The maximum absolute atomic E-state index is 11.3. The number of hydrogen-bond donors (Lipinski definition) is 0. The van der Waals surface area contributed by atoms with Crippen LogP contribution >= 0.6 is 31.9 Å². The van der Waals surface area contributed by atoms with Crippen molar-refractivity contribution in [3.8, 4) is 0 Å². The summed E-state index contributed by atoms with van der Waals surface area (Å²) in [6.07, 6.45) is 4.36. The molecule has 5 rings (SSSR count). The molecule has 0 aliphatic rings. The minimum Gasteiger partial charge on any atom is -0.311 e. The lowest BCUT2D eigenvalue weighted by Gasteiger charge is -2.28. The van der Waals surface area contributed by atoms with E-state index in [1.54, 1.807) is 0 Å². The number of carbonyl (C=O) groups is 1. The van der Waals surface area contributed by atoms with Crippen LogP contribution in [-0.2, 0) is 6.42 Å². The fraction of sp³-hybridized carbons (Fsp3) is 0.114. The van der Waals surface area contributed by atoms with Gasteiger partial charge in [0.05, 0.1) is 0 Å². The number of anilines is 6. The summed E-state index contributed by atoms with van der Waals surface area (Å²) < 4.78 is 2.07. The van der Waals surface area contributed by atoms with Crippen molar-refractivity contribution in [2.75, 3.05) is 9.80 Å². The summed E-state index contributed by atoms with van der Waals surface area (Å²) in [7, 11) is 0. The zero-order valence-electron chi connectivity index (χ0n) is 22.3. The van der Waals surface area contributed by atoms with Crippen LogP contribution in [0.1, 0.15) is 35.7 Å². The van der Waals surface area contributed by atoms with Crippen molar-refractivity contribution in [1.82, 2.24) is 0 Å². The molecule has 0 saturated heterocycles. The molecule has 0 radical (unpaired) electrons. The van der Waals surface area contributed by atoms with E-state index in [1.807, 2.05) is 36.4 Å². The van der Waals surface area contributed by atoms with Gasteiger partial charge < -0.3 is 9.80 Å². The molecular weight excluding hydrogens is 624 g/mol. The van der Waals surface area contributed by atoms with Gasteiger partial charge in [0, 0.05) is 48.6 Å². The Morgan fingerprint density at radius 2 is 0.850 bits per heavy atom. The molecule has 3 nitrogen and oxygen atoms in total. The highest BCUT2D eigenvalue weighted by atomic mass is 79.9. The molecule has 5 heteroatoms. The first-order valence-corrected chi connectivity index (χ1v) is 15.0. The number of unbranched alkanes of at least 4 members (excludes halogenated alkanes) is 1. The largest absolute Gasteiger partial charge is 0.311 e. The third kappa shape index (κ3) is 6.55.